The lowest BCUT2D eigenvalue weighted by Gasteiger charge is -2.04. The van der Waals surface area contributed by atoms with Crippen molar-refractivity contribution in [2.75, 3.05) is 24.7 Å². The summed E-state index contributed by atoms with van der Waals surface area (Å²) in [5, 5.41) is 11.4. The first-order chi connectivity index (χ1) is 9.63. The highest BCUT2D eigenvalue weighted by molar-refractivity contribution is 7.99. The van der Waals surface area contributed by atoms with Crippen LogP contribution >= 0.6 is 11.8 Å². The number of hydrogen-bond donors (Lipinski definition) is 2. The number of allylic oxidation sites excluding steroid dienone is 1. The summed E-state index contributed by atoms with van der Waals surface area (Å²) in [5.41, 5.74) is 1.44. The minimum atomic E-state index is -0.309. The summed E-state index contributed by atoms with van der Waals surface area (Å²) >= 11 is 1.69. The monoisotopic (exact) mass is 297 g/mol. The van der Waals surface area contributed by atoms with Crippen LogP contribution in [0.5, 0.6) is 0 Å². The molecule has 20 heavy (non-hydrogen) atoms. The number of amides is 1. The van der Waals surface area contributed by atoms with Gasteiger partial charge in [-0.15, -0.1) is 0 Å². The van der Waals surface area contributed by atoms with Crippen molar-refractivity contribution in [3.8, 4) is 0 Å². The molecule has 1 rings (SSSR count). The molecule has 0 aromatic heterocycles. The predicted octanol–water partition coefficient (Wildman–Crippen LogP) is 2.46. The molecule has 0 atom stereocenters. The van der Waals surface area contributed by atoms with Gasteiger partial charge in [-0.05, 0) is 42.4 Å². The fraction of sp³-hybridized carbons (Fsp3) is 0.400. The van der Waals surface area contributed by atoms with Gasteiger partial charge in [-0.25, -0.2) is 4.39 Å². The van der Waals surface area contributed by atoms with Crippen LogP contribution in [0.2, 0.25) is 0 Å². The Labute approximate surface area is 123 Å². The molecule has 0 aliphatic heterocycles. The minimum absolute atomic E-state index is 0.172. The summed E-state index contributed by atoms with van der Waals surface area (Å²) < 4.78 is 13.1. The third-order valence-electron chi connectivity index (χ3n) is 2.62. The van der Waals surface area contributed by atoms with Crippen molar-refractivity contribution in [2.24, 2.45) is 0 Å². The topological polar surface area (TPSA) is 49.3 Å². The number of carbonyl (C=O) groups excluding carboxylic acids is 1. The molecule has 110 valence electrons. The van der Waals surface area contributed by atoms with Crippen LogP contribution in [0.1, 0.15) is 18.9 Å². The fourth-order valence-corrected chi connectivity index (χ4v) is 2.36. The van der Waals surface area contributed by atoms with Crippen molar-refractivity contribution in [3.05, 3.63) is 41.7 Å². The lowest BCUT2D eigenvalue weighted by atomic mass is 10.1. The molecule has 5 heteroatoms. The van der Waals surface area contributed by atoms with Crippen LogP contribution in [0.15, 0.2) is 30.3 Å². The molecule has 1 aromatic rings. The van der Waals surface area contributed by atoms with Crippen LogP contribution in [0, 0.1) is 5.82 Å². The van der Waals surface area contributed by atoms with Crippen LogP contribution in [0.25, 0.3) is 5.57 Å². The zero-order chi connectivity index (χ0) is 14.8. The van der Waals surface area contributed by atoms with E-state index in [-0.39, 0.29) is 18.3 Å². The number of benzene rings is 1. The van der Waals surface area contributed by atoms with E-state index in [4.69, 9.17) is 5.11 Å². The average molecular weight is 297 g/mol. The maximum atomic E-state index is 13.1. The normalized spacial score (nSPS) is 11.4. The van der Waals surface area contributed by atoms with Gasteiger partial charge in [0.05, 0.1) is 0 Å². The highest BCUT2D eigenvalue weighted by atomic mass is 32.2. The van der Waals surface area contributed by atoms with Gasteiger partial charge in [-0.1, -0.05) is 12.1 Å². The third-order valence-corrected chi connectivity index (χ3v) is 3.69. The van der Waals surface area contributed by atoms with E-state index in [1.165, 1.54) is 18.2 Å². The smallest absolute Gasteiger partial charge is 0.244 e. The number of rotatable bonds is 8. The van der Waals surface area contributed by atoms with Gasteiger partial charge in [0.15, 0.2) is 0 Å². The van der Waals surface area contributed by atoms with Gasteiger partial charge in [-0.2, -0.15) is 11.8 Å². The fourth-order valence-electron chi connectivity index (χ4n) is 1.58. The molecule has 0 aliphatic rings. The molecule has 0 radical (unpaired) electrons. The van der Waals surface area contributed by atoms with Gasteiger partial charge in [-0.3, -0.25) is 4.79 Å². The van der Waals surface area contributed by atoms with Crippen molar-refractivity contribution in [1.29, 1.82) is 0 Å². The van der Waals surface area contributed by atoms with Crippen molar-refractivity contribution in [2.45, 2.75) is 13.3 Å². The minimum Gasteiger partial charge on any atom is -0.396 e. The Morgan fingerprint density at radius 1 is 1.45 bits per heavy atom. The van der Waals surface area contributed by atoms with E-state index in [1.54, 1.807) is 30.8 Å². The zero-order valence-corrected chi connectivity index (χ0v) is 12.4. The van der Waals surface area contributed by atoms with Crippen LogP contribution in [0.4, 0.5) is 4.39 Å². The first-order valence-corrected chi connectivity index (χ1v) is 7.69. The van der Waals surface area contributed by atoms with Crippen molar-refractivity contribution in [1.82, 2.24) is 5.32 Å². The molecular weight excluding hydrogens is 277 g/mol. The molecule has 1 amide bonds. The van der Waals surface area contributed by atoms with Crippen LogP contribution in [0.3, 0.4) is 0 Å². The van der Waals surface area contributed by atoms with Gasteiger partial charge >= 0.3 is 0 Å². The first kappa shape index (κ1) is 16.7. The molecule has 2 N–H and O–H groups in total. The van der Waals surface area contributed by atoms with Gasteiger partial charge < -0.3 is 10.4 Å². The number of aliphatic hydroxyl groups excluding tert-OH is 1. The molecule has 0 unspecified atom stereocenters. The van der Waals surface area contributed by atoms with Crippen LogP contribution in [-0.2, 0) is 4.79 Å². The Bertz CT molecular complexity index is 463. The Kier molecular flexibility index (Phi) is 7.99. The largest absolute Gasteiger partial charge is 0.396 e. The number of thioether (sulfide) groups is 1. The average Bonchev–Trinajstić information content (AvgIpc) is 2.42. The summed E-state index contributed by atoms with van der Waals surface area (Å²) in [5.74, 6) is 1.23. The summed E-state index contributed by atoms with van der Waals surface area (Å²) in [7, 11) is 0. The van der Waals surface area contributed by atoms with Crippen LogP contribution < -0.4 is 5.32 Å². The highest BCUT2D eigenvalue weighted by Crippen LogP contribution is 2.14. The van der Waals surface area contributed by atoms with Gasteiger partial charge in [0, 0.05) is 25.0 Å². The second-order valence-electron chi connectivity index (χ2n) is 4.32. The Balaban J connectivity index is 2.35. The standard InChI is InChI=1S/C15H20FNO2S/c1-12(13-4-2-5-14(16)11-13)10-15(19)17-6-9-20-8-3-7-18/h2,4-5,10-11,18H,3,6-9H2,1H3,(H,17,19)/b12-10-. The molecule has 0 fully saturated rings. The second kappa shape index (κ2) is 9.55. The number of halogens is 1. The van der Waals surface area contributed by atoms with Gasteiger partial charge in [0.2, 0.25) is 5.91 Å². The van der Waals surface area contributed by atoms with E-state index in [0.717, 1.165) is 23.5 Å². The number of hydrogen-bond acceptors (Lipinski definition) is 3. The number of nitrogens with one attached hydrogen (secondary N) is 1. The molecule has 3 nitrogen and oxygen atoms in total. The van der Waals surface area contributed by atoms with Crippen molar-refractivity contribution in [3.63, 3.8) is 0 Å². The molecule has 0 spiro atoms. The summed E-state index contributed by atoms with van der Waals surface area (Å²) in [4.78, 5) is 11.7. The Hall–Kier alpha value is -1.33. The van der Waals surface area contributed by atoms with E-state index in [2.05, 4.69) is 5.32 Å². The van der Waals surface area contributed by atoms with Crippen molar-refractivity contribution >= 4 is 23.2 Å². The third kappa shape index (κ3) is 6.73. The van der Waals surface area contributed by atoms with E-state index in [1.807, 2.05) is 0 Å². The molecule has 0 saturated heterocycles. The van der Waals surface area contributed by atoms with Crippen LogP contribution in [-0.4, -0.2) is 35.7 Å². The zero-order valence-electron chi connectivity index (χ0n) is 11.6. The van der Waals surface area contributed by atoms with E-state index >= 15 is 0 Å². The SMILES string of the molecule is C/C(=C/C(=O)NCCSCCCO)c1cccc(F)c1. The number of aliphatic hydroxyl groups is 1. The second-order valence-corrected chi connectivity index (χ2v) is 5.54. The molecule has 1 aromatic carbocycles. The molecule has 0 heterocycles. The summed E-state index contributed by atoms with van der Waals surface area (Å²) in [6.45, 7) is 2.57. The molecular formula is C15H20FNO2S. The first-order valence-electron chi connectivity index (χ1n) is 6.54. The molecule has 0 bridgehead atoms. The van der Waals surface area contributed by atoms with Crippen molar-refractivity contribution < 1.29 is 14.3 Å². The number of carbonyl (C=O) groups is 1. The maximum Gasteiger partial charge on any atom is 0.244 e. The van der Waals surface area contributed by atoms with E-state index in [9.17, 15) is 9.18 Å². The molecule has 0 aliphatic carbocycles. The van der Waals surface area contributed by atoms with E-state index in [0.29, 0.717) is 12.1 Å². The quantitative estimate of drug-likeness (QED) is 0.572. The highest BCUT2D eigenvalue weighted by Gasteiger charge is 2.01. The predicted molar refractivity (Wildman–Crippen MR) is 82.1 cm³/mol. The van der Waals surface area contributed by atoms with Gasteiger partial charge in [0.1, 0.15) is 5.82 Å². The Morgan fingerprint density at radius 3 is 2.95 bits per heavy atom. The lowest BCUT2D eigenvalue weighted by Crippen LogP contribution is -2.24. The lowest BCUT2D eigenvalue weighted by molar-refractivity contribution is -0.116. The Morgan fingerprint density at radius 2 is 2.25 bits per heavy atom. The summed E-state index contributed by atoms with van der Waals surface area (Å²) in [6.07, 6.45) is 2.25. The van der Waals surface area contributed by atoms with Gasteiger partial charge in [0.25, 0.3) is 0 Å². The maximum absolute atomic E-state index is 13.1. The summed E-state index contributed by atoms with van der Waals surface area (Å²) in [6, 6.07) is 6.18. The van der Waals surface area contributed by atoms with E-state index < -0.39 is 0 Å². The molecule has 0 saturated carbocycles.